The first-order chi connectivity index (χ1) is 7.77. The van der Waals surface area contributed by atoms with Crippen LogP contribution in [0, 0.1) is 0 Å². The summed E-state index contributed by atoms with van der Waals surface area (Å²) < 4.78 is 0. The summed E-state index contributed by atoms with van der Waals surface area (Å²) in [4.78, 5) is 5.04. The lowest BCUT2D eigenvalue weighted by Gasteiger charge is -2.14. The molecule has 2 rings (SSSR count). The molecule has 0 aliphatic heterocycles. The van der Waals surface area contributed by atoms with Crippen molar-refractivity contribution >= 4 is 0 Å². The molecule has 0 aliphatic rings. The largest absolute Gasteiger partial charge is 0.365 e. The molecule has 0 fully saturated rings. The van der Waals surface area contributed by atoms with Crippen LogP contribution in [0.2, 0.25) is 0 Å². The molecule has 2 unspecified atom stereocenters. The molecule has 2 aromatic heterocycles. The van der Waals surface area contributed by atoms with Gasteiger partial charge in [-0.25, -0.2) is 0 Å². The van der Waals surface area contributed by atoms with E-state index in [-0.39, 0.29) is 0 Å². The molecule has 4 nitrogen and oxygen atoms in total. The second-order valence-corrected chi connectivity index (χ2v) is 4.30. The zero-order chi connectivity index (χ0) is 11.4. The van der Waals surface area contributed by atoms with Crippen molar-refractivity contribution < 1.29 is 0 Å². The van der Waals surface area contributed by atoms with Crippen molar-refractivity contribution in [2.75, 3.05) is 0 Å². The Kier molecular flexibility index (Phi) is 3.39. The van der Waals surface area contributed by atoms with Crippen molar-refractivity contribution in [2.24, 2.45) is 0 Å². The molecular weight excluding hydrogens is 200 g/mol. The van der Waals surface area contributed by atoms with E-state index in [1.165, 1.54) is 5.69 Å². The number of rotatable bonds is 5. The third kappa shape index (κ3) is 2.51. The summed E-state index contributed by atoms with van der Waals surface area (Å²) in [5.74, 6) is 0.563. The molecule has 2 atom stereocenters. The highest BCUT2D eigenvalue weighted by atomic mass is 15.5. The van der Waals surface area contributed by atoms with E-state index >= 15 is 0 Å². The monoisotopic (exact) mass is 218 g/mol. The third-order valence-electron chi connectivity index (χ3n) is 3.00. The van der Waals surface area contributed by atoms with E-state index in [2.05, 4.69) is 35.1 Å². The van der Waals surface area contributed by atoms with Crippen molar-refractivity contribution in [2.45, 2.75) is 38.6 Å². The van der Waals surface area contributed by atoms with Crippen LogP contribution in [0.1, 0.15) is 44.3 Å². The standard InChI is InChI=1S/C12H18N4/c1-10(12-4-3-7-13-12)5-6-11(2)16-14-8-9-15-16/h3-4,7-11,13H,5-6H2,1-2H3. The Morgan fingerprint density at radius 1 is 1.25 bits per heavy atom. The second kappa shape index (κ2) is 4.96. The van der Waals surface area contributed by atoms with Crippen LogP contribution in [0.15, 0.2) is 30.7 Å². The molecule has 16 heavy (non-hydrogen) atoms. The number of hydrogen-bond acceptors (Lipinski definition) is 2. The van der Waals surface area contributed by atoms with Crippen LogP contribution in [0.4, 0.5) is 0 Å². The van der Waals surface area contributed by atoms with Crippen LogP contribution >= 0.6 is 0 Å². The third-order valence-corrected chi connectivity index (χ3v) is 3.00. The predicted molar refractivity (Wildman–Crippen MR) is 63.2 cm³/mol. The van der Waals surface area contributed by atoms with Gasteiger partial charge in [-0.3, -0.25) is 0 Å². The van der Waals surface area contributed by atoms with E-state index in [4.69, 9.17) is 0 Å². The van der Waals surface area contributed by atoms with Gasteiger partial charge in [0, 0.05) is 11.9 Å². The van der Waals surface area contributed by atoms with E-state index < -0.39 is 0 Å². The zero-order valence-electron chi connectivity index (χ0n) is 9.80. The number of nitrogens with zero attached hydrogens (tertiary/aromatic N) is 3. The lowest BCUT2D eigenvalue weighted by Crippen LogP contribution is -2.09. The molecule has 0 aromatic carbocycles. The first-order valence-electron chi connectivity index (χ1n) is 5.76. The van der Waals surface area contributed by atoms with Gasteiger partial charge in [0.2, 0.25) is 0 Å². The molecule has 0 bridgehead atoms. The maximum Gasteiger partial charge on any atom is 0.0693 e. The van der Waals surface area contributed by atoms with Gasteiger partial charge in [0.25, 0.3) is 0 Å². The van der Waals surface area contributed by atoms with E-state index in [1.807, 2.05) is 12.3 Å². The first-order valence-corrected chi connectivity index (χ1v) is 5.76. The quantitative estimate of drug-likeness (QED) is 0.838. The molecule has 0 spiro atoms. The zero-order valence-corrected chi connectivity index (χ0v) is 9.80. The summed E-state index contributed by atoms with van der Waals surface area (Å²) in [6, 6.07) is 4.55. The summed E-state index contributed by atoms with van der Waals surface area (Å²) in [5.41, 5.74) is 1.31. The minimum atomic E-state index is 0.368. The van der Waals surface area contributed by atoms with Crippen molar-refractivity contribution in [1.82, 2.24) is 20.0 Å². The first kappa shape index (κ1) is 10.9. The van der Waals surface area contributed by atoms with Crippen LogP contribution < -0.4 is 0 Å². The average Bonchev–Trinajstić information content (AvgIpc) is 2.95. The summed E-state index contributed by atoms with van der Waals surface area (Å²) in [5, 5.41) is 8.31. The topological polar surface area (TPSA) is 46.5 Å². The molecule has 4 heteroatoms. The molecule has 86 valence electrons. The minimum Gasteiger partial charge on any atom is -0.365 e. The fourth-order valence-corrected chi connectivity index (χ4v) is 1.87. The Labute approximate surface area is 95.7 Å². The normalized spacial score (nSPS) is 14.9. The van der Waals surface area contributed by atoms with Crippen LogP contribution in [0.5, 0.6) is 0 Å². The van der Waals surface area contributed by atoms with Crippen molar-refractivity contribution in [3.05, 3.63) is 36.4 Å². The van der Waals surface area contributed by atoms with Crippen molar-refractivity contribution in [3.8, 4) is 0 Å². The van der Waals surface area contributed by atoms with Gasteiger partial charge in [0.1, 0.15) is 0 Å². The number of nitrogens with one attached hydrogen (secondary N) is 1. The molecule has 2 aromatic rings. The van der Waals surface area contributed by atoms with Crippen LogP contribution in [0.3, 0.4) is 0 Å². The lowest BCUT2D eigenvalue weighted by atomic mass is 9.99. The van der Waals surface area contributed by atoms with Gasteiger partial charge in [0.15, 0.2) is 0 Å². The van der Waals surface area contributed by atoms with Crippen LogP contribution in [0.25, 0.3) is 0 Å². The summed E-state index contributed by atoms with van der Waals surface area (Å²) in [7, 11) is 0. The van der Waals surface area contributed by atoms with Crippen molar-refractivity contribution in [1.29, 1.82) is 0 Å². The molecule has 0 aliphatic carbocycles. The number of aromatic amines is 1. The second-order valence-electron chi connectivity index (χ2n) is 4.30. The van der Waals surface area contributed by atoms with E-state index in [9.17, 15) is 0 Å². The lowest BCUT2D eigenvalue weighted by molar-refractivity contribution is 0.388. The predicted octanol–water partition coefficient (Wildman–Crippen LogP) is 2.75. The Balaban J connectivity index is 1.84. The fourth-order valence-electron chi connectivity index (χ4n) is 1.87. The Morgan fingerprint density at radius 2 is 2.00 bits per heavy atom. The van der Waals surface area contributed by atoms with Gasteiger partial charge >= 0.3 is 0 Å². The molecule has 1 N–H and O–H groups in total. The number of aromatic nitrogens is 4. The fraction of sp³-hybridized carbons (Fsp3) is 0.500. The average molecular weight is 218 g/mol. The highest BCUT2D eigenvalue weighted by molar-refractivity contribution is 5.08. The highest BCUT2D eigenvalue weighted by Crippen LogP contribution is 2.22. The highest BCUT2D eigenvalue weighted by Gasteiger charge is 2.10. The van der Waals surface area contributed by atoms with Gasteiger partial charge in [-0.05, 0) is 37.8 Å². The molecular formula is C12H18N4. The Hall–Kier alpha value is -1.58. The van der Waals surface area contributed by atoms with E-state index in [0.717, 1.165) is 12.8 Å². The van der Waals surface area contributed by atoms with E-state index in [0.29, 0.717) is 12.0 Å². The molecule has 2 heterocycles. The summed E-state index contributed by atoms with van der Waals surface area (Å²) in [6.45, 7) is 4.40. The van der Waals surface area contributed by atoms with Crippen molar-refractivity contribution in [3.63, 3.8) is 0 Å². The number of hydrogen-bond donors (Lipinski definition) is 1. The van der Waals surface area contributed by atoms with Gasteiger partial charge in [0.05, 0.1) is 18.4 Å². The SMILES string of the molecule is CC(CCC(C)n1nccn1)c1ccc[nH]1. The van der Waals surface area contributed by atoms with E-state index in [1.54, 1.807) is 17.2 Å². The smallest absolute Gasteiger partial charge is 0.0693 e. The van der Waals surface area contributed by atoms with Gasteiger partial charge < -0.3 is 4.98 Å². The minimum absolute atomic E-state index is 0.368. The summed E-state index contributed by atoms with van der Waals surface area (Å²) in [6.07, 6.45) is 7.66. The molecule has 0 radical (unpaired) electrons. The summed E-state index contributed by atoms with van der Waals surface area (Å²) >= 11 is 0. The van der Waals surface area contributed by atoms with Gasteiger partial charge in [-0.2, -0.15) is 15.0 Å². The Morgan fingerprint density at radius 3 is 2.62 bits per heavy atom. The van der Waals surface area contributed by atoms with Gasteiger partial charge in [-0.15, -0.1) is 0 Å². The molecule has 0 saturated carbocycles. The molecule has 0 saturated heterocycles. The number of H-pyrrole nitrogens is 1. The maximum atomic E-state index is 4.15. The Bertz CT molecular complexity index is 350. The maximum absolute atomic E-state index is 4.15. The van der Waals surface area contributed by atoms with Crippen LogP contribution in [-0.2, 0) is 0 Å². The van der Waals surface area contributed by atoms with Crippen LogP contribution in [-0.4, -0.2) is 20.0 Å². The molecule has 0 amide bonds. The van der Waals surface area contributed by atoms with Gasteiger partial charge in [-0.1, -0.05) is 6.92 Å².